The summed E-state index contributed by atoms with van der Waals surface area (Å²) in [6, 6.07) is 9.71. The third-order valence-corrected chi connectivity index (χ3v) is 4.89. The fourth-order valence-electron chi connectivity index (χ4n) is 3.24. The van der Waals surface area contributed by atoms with Crippen molar-refractivity contribution in [3.05, 3.63) is 41.7 Å². The van der Waals surface area contributed by atoms with Crippen molar-refractivity contribution in [1.29, 1.82) is 0 Å². The smallest absolute Gasteiger partial charge is 0.229 e. The number of carbonyl (C=O) groups excluding carboxylic acids is 2. The molecule has 0 saturated carbocycles. The lowest BCUT2D eigenvalue weighted by Crippen LogP contribution is -2.35. The summed E-state index contributed by atoms with van der Waals surface area (Å²) in [5.74, 6) is 2.26. The zero-order valence-corrected chi connectivity index (χ0v) is 17.5. The summed E-state index contributed by atoms with van der Waals surface area (Å²) in [5, 5.41) is 2.96. The zero-order chi connectivity index (χ0) is 20.5. The number of fused-ring (bicyclic) bond motifs is 1. The minimum absolute atomic E-state index is 0.0253. The fraction of sp³-hybridized carbons (Fsp3) is 0.478. The van der Waals surface area contributed by atoms with Gasteiger partial charge in [0.2, 0.25) is 11.8 Å². The van der Waals surface area contributed by atoms with Crippen LogP contribution in [0.15, 0.2) is 34.7 Å². The van der Waals surface area contributed by atoms with Crippen LogP contribution in [0.3, 0.4) is 0 Å². The van der Waals surface area contributed by atoms with Crippen molar-refractivity contribution in [2.75, 3.05) is 11.9 Å². The number of anilines is 1. The van der Waals surface area contributed by atoms with Crippen LogP contribution in [0.1, 0.15) is 52.4 Å². The maximum absolute atomic E-state index is 12.4. The van der Waals surface area contributed by atoms with Crippen molar-refractivity contribution in [1.82, 2.24) is 4.90 Å². The summed E-state index contributed by atoms with van der Waals surface area (Å²) in [7, 11) is 0. The monoisotopic (exact) mass is 382 g/mol. The molecule has 1 aromatic heterocycles. The molecule has 0 atom stereocenters. The molecule has 0 aliphatic carbocycles. The predicted molar refractivity (Wildman–Crippen MR) is 111 cm³/mol. The molecule has 0 saturated heterocycles. The lowest BCUT2D eigenvalue weighted by molar-refractivity contribution is -0.133. The maximum Gasteiger partial charge on any atom is 0.229 e. The highest BCUT2D eigenvalue weighted by Crippen LogP contribution is 2.31. The van der Waals surface area contributed by atoms with Gasteiger partial charge in [-0.15, -0.1) is 0 Å². The van der Waals surface area contributed by atoms with E-state index in [9.17, 15) is 9.59 Å². The van der Waals surface area contributed by atoms with E-state index in [2.05, 4.69) is 19.2 Å². The minimum atomic E-state index is -0.453. The first-order valence-corrected chi connectivity index (χ1v) is 9.94. The lowest BCUT2D eigenvalue weighted by Gasteiger charge is -2.26. The molecule has 0 unspecified atom stereocenters. The number of rotatable bonds is 4. The first-order valence-electron chi connectivity index (χ1n) is 9.94. The molecule has 0 bridgehead atoms. The van der Waals surface area contributed by atoms with Gasteiger partial charge in [-0.05, 0) is 24.1 Å². The van der Waals surface area contributed by atoms with Crippen LogP contribution in [0.25, 0.3) is 11.3 Å². The van der Waals surface area contributed by atoms with E-state index in [0.717, 1.165) is 34.8 Å². The Hall–Kier alpha value is -2.56. The average molecular weight is 383 g/mol. The molecule has 0 fully saturated rings. The normalized spacial score (nSPS) is 14.1. The topological polar surface area (TPSA) is 62.6 Å². The second kappa shape index (κ2) is 7.82. The average Bonchev–Trinajstić information content (AvgIpc) is 3.03. The van der Waals surface area contributed by atoms with E-state index < -0.39 is 5.41 Å². The van der Waals surface area contributed by atoms with Crippen molar-refractivity contribution in [2.24, 2.45) is 11.3 Å². The fourth-order valence-corrected chi connectivity index (χ4v) is 3.24. The van der Waals surface area contributed by atoms with Gasteiger partial charge in [0, 0.05) is 48.2 Å². The standard InChI is InChI=1S/C23H30N2O3/c1-15(2)11-21(26)25-10-9-19-17(14-25)13-20(28-19)16-7-6-8-18(12-16)24-22(27)23(3,4)5/h6-8,12-13,15H,9-11,14H2,1-5H3,(H,24,27). The number of furan rings is 1. The van der Waals surface area contributed by atoms with Gasteiger partial charge in [-0.3, -0.25) is 9.59 Å². The molecule has 5 nitrogen and oxygen atoms in total. The Labute approximate surface area is 167 Å². The Morgan fingerprint density at radius 3 is 2.64 bits per heavy atom. The van der Waals surface area contributed by atoms with Crippen LogP contribution in [-0.2, 0) is 22.6 Å². The van der Waals surface area contributed by atoms with Gasteiger partial charge in [0.15, 0.2) is 0 Å². The van der Waals surface area contributed by atoms with E-state index in [-0.39, 0.29) is 11.8 Å². The minimum Gasteiger partial charge on any atom is -0.461 e. The maximum atomic E-state index is 12.4. The van der Waals surface area contributed by atoms with Crippen LogP contribution >= 0.6 is 0 Å². The van der Waals surface area contributed by atoms with E-state index in [4.69, 9.17) is 4.42 Å². The van der Waals surface area contributed by atoms with Crippen molar-refractivity contribution >= 4 is 17.5 Å². The van der Waals surface area contributed by atoms with Gasteiger partial charge in [0.25, 0.3) is 0 Å². The molecule has 1 aliphatic rings. The number of carbonyl (C=O) groups is 2. The second-order valence-electron chi connectivity index (χ2n) is 9.01. The molecule has 5 heteroatoms. The molecule has 1 N–H and O–H groups in total. The third kappa shape index (κ3) is 4.64. The van der Waals surface area contributed by atoms with Crippen LogP contribution < -0.4 is 5.32 Å². The molecule has 2 aromatic rings. The van der Waals surface area contributed by atoms with Crippen molar-refractivity contribution in [2.45, 2.75) is 54.0 Å². The molecule has 1 aromatic carbocycles. The third-order valence-electron chi connectivity index (χ3n) is 4.89. The molecule has 3 rings (SSSR count). The first-order chi connectivity index (χ1) is 13.1. The number of amides is 2. The number of benzene rings is 1. The number of hydrogen-bond donors (Lipinski definition) is 1. The van der Waals surface area contributed by atoms with Crippen LogP contribution in [0.5, 0.6) is 0 Å². The predicted octanol–water partition coefficient (Wildman–Crippen LogP) is 4.86. The Morgan fingerprint density at radius 2 is 1.96 bits per heavy atom. The molecule has 0 radical (unpaired) electrons. The van der Waals surface area contributed by atoms with Gasteiger partial charge in [-0.1, -0.05) is 46.8 Å². The molecule has 2 amide bonds. The number of nitrogens with one attached hydrogen (secondary N) is 1. The van der Waals surface area contributed by atoms with E-state index in [0.29, 0.717) is 25.4 Å². The van der Waals surface area contributed by atoms with Crippen molar-refractivity contribution in [3.8, 4) is 11.3 Å². The summed E-state index contributed by atoms with van der Waals surface area (Å²) >= 11 is 0. The highest BCUT2D eigenvalue weighted by Gasteiger charge is 2.25. The molecule has 2 heterocycles. The Bertz CT molecular complexity index is 874. The van der Waals surface area contributed by atoms with Gasteiger partial charge in [-0.25, -0.2) is 0 Å². The summed E-state index contributed by atoms with van der Waals surface area (Å²) in [6.07, 6.45) is 1.31. The van der Waals surface area contributed by atoms with Gasteiger partial charge >= 0.3 is 0 Å². The van der Waals surface area contributed by atoms with E-state index in [1.165, 1.54) is 0 Å². The molecule has 28 heavy (non-hydrogen) atoms. The van der Waals surface area contributed by atoms with Crippen molar-refractivity contribution in [3.63, 3.8) is 0 Å². The van der Waals surface area contributed by atoms with Gasteiger partial charge in [-0.2, -0.15) is 0 Å². The molecule has 0 spiro atoms. The number of hydrogen-bond acceptors (Lipinski definition) is 3. The van der Waals surface area contributed by atoms with Crippen molar-refractivity contribution < 1.29 is 14.0 Å². The summed E-state index contributed by atoms with van der Waals surface area (Å²) in [6.45, 7) is 11.1. The Morgan fingerprint density at radius 1 is 1.21 bits per heavy atom. The van der Waals surface area contributed by atoms with E-state index >= 15 is 0 Å². The quantitative estimate of drug-likeness (QED) is 0.821. The highest BCUT2D eigenvalue weighted by molar-refractivity contribution is 5.95. The SMILES string of the molecule is CC(C)CC(=O)N1CCc2oc(-c3cccc(NC(=O)C(C)(C)C)c3)cc2C1. The van der Waals surface area contributed by atoms with E-state index in [1.807, 2.05) is 56.0 Å². The van der Waals surface area contributed by atoms with Gasteiger partial charge < -0.3 is 14.6 Å². The summed E-state index contributed by atoms with van der Waals surface area (Å²) < 4.78 is 6.08. The Kier molecular flexibility index (Phi) is 5.64. The summed E-state index contributed by atoms with van der Waals surface area (Å²) in [5.41, 5.74) is 2.29. The van der Waals surface area contributed by atoms with Crippen LogP contribution in [-0.4, -0.2) is 23.3 Å². The van der Waals surface area contributed by atoms with Crippen LogP contribution in [0, 0.1) is 11.3 Å². The van der Waals surface area contributed by atoms with Crippen LogP contribution in [0.4, 0.5) is 5.69 Å². The lowest BCUT2D eigenvalue weighted by atomic mass is 9.95. The largest absolute Gasteiger partial charge is 0.461 e. The molecular formula is C23H30N2O3. The first kappa shape index (κ1) is 20.2. The molecule has 1 aliphatic heterocycles. The van der Waals surface area contributed by atoms with Gasteiger partial charge in [0.1, 0.15) is 11.5 Å². The summed E-state index contributed by atoms with van der Waals surface area (Å²) in [4.78, 5) is 26.5. The highest BCUT2D eigenvalue weighted by atomic mass is 16.3. The molecule has 150 valence electrons. The van der Waals surface area contributed by atoms with E-state index in [1.54, 1.807) is 0 Å². The second-order valence-corrected chi connectivity index (χ2v) is 9.01. The zero-order valence-electron chi connectivity index (χ0n) is 17.5. The van der Waals surface area contributed by atoms with Crippen LogP contribution in [0.2, 0.25) is 0 Å². The Balaban J connectivity index is 1.77. The number of nitrogens with zero attached hydrogens (tertiary/aromatic N) is 1. The van der Waals surface area contributed by atoms with Gasteiger partial charge in [0.05, 0.1) is 0 Å². The molecular weight excluding hydrogens is 352 g/mol.